The molecular formula is C16H23N3O3. The summed E-state index contributed by atoms with van der Waals surface area (Å²) in [7, 11) is 0. The van der Waals surface area contributed by atoms with Crippen LogP contribution in [0, 0.1) is 5.41 Å². The largest absolute Gasteiger partial charge is 0.349 e. The minimum absolute atomic E-state index is 0.0682. The van der Waals surface area contributed by atoms with Crippen molar-refractivity contribution < 1.29 is 14.8 Å². The summed E-state index contributed by atoms with van der Waals surface area (Å²) in [5.74, 6) is -0.482. The molecule has 2 rings (SSSR count). The molecule has 1 heterocycles. The molecule has 1 atom stereocenters. The van der Waals surface area contributed by atoms with Crippen LogP contribution in [0.4, 0.5) is 0 Å². The molecule has 0 saturated carbocycles. The Labute approximate surface area is 130 Å². The number of rotatable bonds is 4. The van der Waals surface area contributed by atoms with Crippen LogP contribution in [-0.2, 0) is 4.79 Å². The van der Waals surface area contributed by atoms with Gasteiger partial charge >= 0.3 is 0 Å². The molecule has 0 aliphatic carbocycles. The Balaban J connectivity index is 2.00. The van der Waals surface area contributed by atoms with E-state index in [1.165, 1.54) is 0 Å². The summed E-state index contributed by atoms with van der Waals surface area (Å²) in [5, 5.41) is 14.9. The van der Waals surface area contributed by atoms with E-state index < -0.39 is 5.91 Å². The van der Waals surface area contributed by atoms with Gasteiger partial charge in [0.05, 0.1) is 6.04 Å². The first-order chi connectivity index (χ1) is 10.5. The summed E-state index contributed by atoms with van der Waals surface area (Å²) in [6.07, 6.45) is 1.67. The van der Waals surface area contributed by atoms with Crippen LogP contribution in [0.1, 0.15) is 48.7 Å². The average Bonchev–Trinajstić information content (AvgIpc) is 2.54. The van der Waals surface area contributed by atoms with Gasteiger partial charge in [0.1, 0.15) is 0 Å². The van der Waals surface area contributed by atoms with E-state index in [0.717, 1.165) is 31.5 Å². The zero-order valence-corrected chi connectivity index (χ0v) is 13.0. The number of nitrogens with one attached hydrogen (secondary N) is 3. The maximum atomic E-state index is 12.5. The number of hydrogen-bond acceptors (Lipinski definition) is 4. The average molecular weight is 305 g/mol. The van der Waals surface area contributed by atoms with Crippen molar-refractivity contribution in [1.82, 2.24) is 16.1 Å². The molecule has 1 unspecified atom stereocenters. The number of carbonyl (C=O) groups is 2. The van der Waals surface area contributed by atoms with Gasteiger partial charge in [-0.2, -0.15) is 0 Å². The first kappa shape index (κ1) is 16.5. The number of benzene rings is 1. The quantitative estimate of drug-likeness (QED) is 0.499. The van der Waals surface area contributed by atoms with E-state index in [2.05, 4.69) is 10.6 Å². The maximum absolute atomic E-state index is 12.5. The molecule has 0 radical (unpaired) electrons. The molecule has 6 nitrogen and oxygen atoms in total. The van der Waals surface area contributed by atoms with E-state index in [9.17, 15) is 9.59 Å². The third-order valence-electron chi connectivity index (χ3n) is 4.38. The van der Waals surface area contributed by atoms with Crippen LogP contribution in [0.5, 0.6) is 0 Å². The maximum Gasteiger partial charge on any atom is 0.274 e. The minimum atomic E-state index is -0.551. The molecule has 4 N–H and O–H groups in total. The van der Waals surface area contributed by atoms with Crippen molar-refractivity contribution in [2.45, 2.75) is 32.7 Å². The van der Waals surface area contributed by atoms with Gasteiger partial charge in [-0.1, -0.05) is 19.1 Å². The Kier molecular flexibility index (Phi) is 5.15. The lowest BCUT2D eigenvalue weighted by molar-refractivity contribution is -0.132. The van der Waals surface area contributed by atoms with Gasteiger partial charge in [-0.3, -0.25) is 14.8 Å². The molecule has 0 spiro atoms. The highest BCUT2D eigenvalue weighted by Crippen LogP contribution is 2.29. The summed E-state index contributed by atoms with van der Waals surface area (Å²) < 4.78 is 0. The first-order valence-electron chi connectivity index (χ1n) is 7.52. The Bertz CT molecular complexity index is 536. The van der Waals surface area contributed by atoms with Gasteiger partial charge in [0.15, 0.2) is 0 Å². The summed E-state index contributed by atoms with van der Waals surface area (Å²) >= 11 is 0. The van der Waals surface area contributed by atoms with Gasteiger partial charge in [-0.05, 0) is 50.6 Å². The van der Waals surface area contributed by atoms with E-state index in [-0.39, 0.29) is 17.4 Å². The number of hydrogen-bond donors (Lipinski definition) is 4. The van der Waals surface area contributed by atoms with Crippen molar-refractivity contribution in [3.05, 3.63) is 35.4 Å². The van der Waals surface area contributed by atoms with Gasteiger partial charge in [-0.25, -0.2) is 5.48 Å². The van der Waals surface area contributed by atoms with E-state index in [0.29, 0.717) is 5.56 Å². The zero-order chi connectivity index (χ0) is 16.2. The summed E-state index contributed by atoms with van der Waals surface area (Å²) in [4.78, 5) is 23.8. The topological polar surface area (TPSA) is 90.5 Å². The lowest BCUT2D eigenvalue weighted by Gasteiger charge is -2.33. The second-order valence-corrected chi connectivity index (χ2v) is 6.07. The monoisotopic (exact) mass is 305 g/mol. The molecule has 22 heavy (non-hydrogen) atoms. The van der Waals surface area contributed by atoms with Gasteiger partial charge in [-0.15, -0.1) is 0 Å². The standard InChI is InChI=1S/C16H23N3O3/c1-11(12-3-5-13(6-4-12)14(20)19-22)18-15(21)16(2)7-9-17-10-8-16/h3-6,11,17,22H,7-10H2,1-2H3,(H,18,21)(H,19,20). The Morgan fingerprint density at radius 1 is 1.23 bits per heavy atom. The van der Waals surface area contributed by atoms with Crippen LogP contribution in [0.3, 0.4) is 0 Å². The summed E-state index contributed by atoms with van der Waals surface area (Å²) in [6.45, 7) is 5.65. The fourth-order valence-corrected chi connectivity index (χ4v) is 2.65. The smallest absolute Gasteiger partial charge is 0.274 e. The predicted octanol–water partition coefficient (Wildman–Crippen LogP) is 1.37. The Morgan fingerprint density at radius 3 is 2.36 bits per heavy atom. The summed E-state index contributed by atoms with van der Waals surface area (Å²) in [5.41, 5.74) is 2.56. The highest BCUT2D eigenvalue weighted by atomic mass is 16.5. The third-order valence-corrected chi connectivity index (χ3v) is 4.38. The molecule has 1 aromatic carbocycles. The van der Waals surface area contributed by atoms with Crippen molar-refractivity contribution >= 4 is 11.8 Å². The van der Waals surface area contributed by atoms with Crippen LogP contribution in [-0.4, -0.2) is 30.1 Å². The lowest BCUT2D eigenvalue weighted by atomic mass is 9.80. The fraction of sp³-hybridized carbons (Fsp3) is 0.500. The van der Waals surface area contributed by atoms with Crippen LogP contribution in [0.2, 0.25) is 0 Å². The summed E-state index contributed by atoms with van der Waals surface area (Å²) in [6, 6.07) is 6.66. The van der Waals surface area contributed by atoms with E-state index >= 15 is 0 Å². The second-order valence-electron chi connectivity index (χ2n) is 6.07. The minimum Gasteiger partial charge on any atom is -0.349 e. The molecule has 1 aromatic rings. The lowest BCUT2D eigenvalue weighted by Crippen LogP contribution is -2.46. The number of hydroxylamine groups is 1. The zero-order valence-electron chi connectivity index (χ0n) is 13.0. The van der Waals surface area contributed by atoms with Crippen LogP contribution in [0.25, 0.3) is 0 Å². The molecule has 120 valence electrons. The number of piperidine rings is 1. The van der Waals surface area contributed by atoms with Gasteiger partial charge in [0.25, 0.3) is 5.91 Å². The van der Waals surface area contributed by atoms with E-state index in [4.69, 9.17) is 5.21 Å². The van der Waals surface area contributed by atoms with Crippen molar-refractivity contribution in [2.75, 3.05) is 13.1 Å². The molecular weight excluding hydrogens is 282 g/mol. The molecule has 1 fully saturated rings. The molecule has 0 aromatic heterocycles. The Hall–Kier alpha value is -1.92. The predicted molar refractivity (Wildman–Crippen MR) is 82.5 cm³/mol. The molecule has 1 saturated heterocycles. The van der Waals surface area contributed by atoms with Crippen LogP contribution >= 0.6 is 0 Å². The van der Waals surface area contributed by atoms with Gasteiger partial charge < -0.3 is 10.6 Å². The van der Waals surface area contributed by atoms with E-state index in [1.54, 1.807) is 29.7 Å². The molecule has 1 aliphatic rings. The fourth-order valence-electron chi connectivity index (χ4n) is 2.65. The molecule has 2 amide bonds. The number of carbonyl (C=O) groups excluding carboxylic acids is 2. The highest BCUT2D eigenvalue weighted by Gasteiger charge is 2.35. The molecule has 6 heteroatoms. The second kappa shape index (κ2) is 6.89. The van der Waals surface area contributed by atoms with Gasteiger partial charge in [0, 0.05) is 11.0 Å². The molecule has 0 bridgehead atoms. The van der Waals surface area contributed by atoms with Crippen molar-refractivity contribution in [2.24, 2.45) is 5.41 Å². The van der Waals surface area contributed by atoms with Crippen LogP contribution in [0.15, 0.2) is 24.3 Å². The Morgan fingerprint density at radius 2 is 1.82 bits per heavy atom. The highest BCUT2D eigenvalue weighted by molar-refractivity contribution is 5.93. The molecule has 1 aliphatic heterocycles. The van der Waals surface area contributed by atoms with Crippen molar-refractivity contribution in [3.63, 3.8) is 0 Å². The van der Waals surface area contributed by atoms with Crippen molar-refractivity contribution in [3.8, 4) is 0 Å². The normalized spacial score (nSPS) is 18.3. The number of amides is 2. The van der Waals surface area contributed by atoms with Crippen molar-refractivity contribution in [1.29, 1.82) is 0 Å². The first-order valence-corrected chi connectivity index (χ1v) is 7.52. The third kappa shape index (κ3) is 3.64. The SMILES string of the molecule is CC(NC(=O)C1(C)CCNCC1)c1ccc(C(=O)NO)cc1. The van der Waals surface area contributed by atoms with E-state index in [1.807, 2.05) is 13.8 Å². The van der Waals surface area contributed by atoms with Gasteiger partial charge in [0.2, 0.25) is 5.91 Å². The van der Waals surface area contributed by atoms with Crippen LogP contribution < -0.4 is 16.1 Å².